The van der Waals surface area contributed by atoms with Gasteiger partial charge in [-0.05, 0) is 74.2 Å². The Morgan fingerprint density at radius 3 is 1.64 bits per heavy atom. The Labute approximate surface area is 140 Å². The first kappa shape index (κ1) is 16.7. The van der Waals surface area contributed by atoms with Crippen molar-refractivity contribution in [1.29, 1.82) is 0 Å². The zero-order chi connectivity index (χ0) is 15.6. The molecule has 22 heavy (non-hydrogen) atoms. The number of anilines is 1. The second kappa shape index (κ2) is 9.36. The molecule has 0 aliphatic carbocycles. The van der Waals surface area contributed by atoms with Crippen LogP contribution in [0.5, 0.6) is 11.5 Å². The van der Waals surface area contributed by atoms with Crippen LogP contribution >= 0.6 is 15.9 Å². The van der Waals surface area contributed by atoms with E-state index in [2.05, 4.69) is 15.9 Å². The minimum Gasteiger partial charge on any atom is -0.494 e. The molecule has 0 fully saturated rings. The van der Waals surface area contributed by atoms with Crippen molar-refractivity contribution in [3.8, 4) is 11.5 Å². The molecule has 2 aromatic rings. The Kier molecular flexibility index (Phi) is 7.10. The Balaban J connectivity index is 1.47. The molecular formula is C18H22BrNO2. The van der Waals surface area contributed by atoms with Crippen LogP contribution in [0, 0.1) is 0 Å². The van der Waals surface area contributed by atoms with Gasteiger partial charge >= 0.3 is 0 Å². The van der Waals surface area contributed by atoms with E-state index in [0.717, 1.165) is 60.6 Å². The fourth-order valence-electron chi connectivity index (χ4n) is 2.03. The number of nitrogens with two attached hydrogens (primary N) is 1. The van der Waals surface area contributed by atoms with Crippen LogP contribution < -0.4 is 15.2 Å². The van der Waals surface area contributed by atoms with E-state index in [1.54, 1.807) is 0 Å². The lowest BCUT2D eigenvalue weighted by Gasteiger charge is -2.07. The Hall–Kier alpha value is -1.68. The molecule has 0 spiro atoms. The number of halogens is 1. The Morgan fingerprint density at radius 1 is 0.682 bits per heavy atom. The van der Waals surface area contributed by atoms with Crippen molar-refractivity contribution in [2.75, 3.05) is 18.9 Å². The van der Waals surface area contributed by atoms with Gasteiger partial charge in [-0.25, -0.2) is 0 Å². The molecule has 2 N–H and O–H groups in total. The van der Waals surface area contributed by atoms with Crippen molar-refractivity contribution < 1.29 is 9.47 Å². The molecule has 4 heteroatoms. The van der Waals surface area contributed by atoms with Gasteiger partial charge in [0.2, 0.25) is 0 Å². The number of hydrogen-bond donors (Lipinski definition) is 1. The van der Waals surface area contributed by atoms with E-state index >= 15 is 0 Å². The van der Waals surface area contributed by atoms with E-state index in [1.165, 1.54) is 0 Å². The van der Waals surface area contributed by atoms with Gasteiger partial charge in [-0.2, -0.15) is 0 Å². The average molecular weight is 364 g/mol. The molecule has 0 aliphatic rings. The van der Waals surface area contributed by atoms with Crippen molar-refractivity contribution >= 4 is 21.6 Å². The van der Waals surface area contributed by atoms with Crippen molar-refractivity contribution in [3.63, 3.8) is 0 Å². The first-order valence-corrected chi connectivity index (χ1v) is 8.40. The number of nitrogen functional groups attached to an aromatic ring is 1. The highest BCUT2D eigenvalue weighted by atomic mass is 79.9. The van der Waals surface area contributed by atoms with Gasteiger partial charge in [0, 0.05) is 10.2 Å². The first-order valence-electron chi connectivity index (χ1n) is 7.61. The van der Waals surface area contributed by atoms with E-state index in [9.17, 15) is 0 Å². The molecular weight excluding hydrogens is 342 g/mol. The second-order valence-corrected chi connectivity index (χ2v) is 6.05. The summed E-state index contributed by atoms with van der Waals surface area (Å²) in [6, 6.07) is 15.5. The van der Waals surface area contributed by atoms with Crippen molar-refractivity contribution in [2.24, 2.45) is 0 Å². The third-order valence-corrected chi connectivity index (χ3v) is 3.80. The third-order valence-electron chi connectivity index (χ3n) is 3.27. The lowest BCUT2D eigenvalue weighted by Crippen LogP contribution is -2.00. The molecule has 2 rings (SSSR count). The fourth-order valence-corrected chi connectivity index (χ4v) is 2.30. The van der Waals surface area contributed by atoms with Crippen molar-refractivity contribution in [2.45, 2.75) is 25.7 Å². The largest absolute Gasteiger partial charge is 0.494 e. The predicted octanol–water partition coefficient (Wildman–Crippen LogP) is 5.05. The van der Waals surface area contributed by atoms with Gasteiger partial charge in [-0.3, -0.25) is 0 Å². The summed E-state index contributed by atoms with van der Waals surface area (Å²) < 4.78 is 12.4. The number of benzene rings is 2. The SMILES string of the molecule is Nc1ccc(OCCCCCCOc2ccc(Br)cc2)cc1. The zero-order valence-electron chi connectivity index (χ0n) is 12.6. The summed E-state index contributed by atoms with van der Waals surface area (Å²) in [7, 11) is 0. The maximum Gasteiger partial charge on any atom is 0.119 e. The van der Waals surface area contributed by atoms with Crippen LogP contribution in [0.15, 0.2) is 53.0 Å². The molecule has 0 saturated heterocycles. The standard InChI is InChI=1S/C18H22BrNO2/c19-15-5-9-17(10-6-15)21-13-3-1-2-4-14-22-18-11-7-16(20)8-12-18/h5-12H,1-4,13-14,20H2. The minimum absolute atomic E-state index is 0.748. The summed E-state index contributed by atoms with van der Waals surface area (Å²) in [4.78, 5) is 0. The average Bonchev–Trinajstić information content (AvgIpc) is 2.53. The zero-order valence-corrected chi connectivity index (χ0v) is 14.2. The van der Waals surface area contributed by atoms with Crippen LogP contribution in [0.25, 0.3) is 0 Å². The summed E-state index contributed by atoms with van der Waals surface area (Å²) in [6.07, 6.45) is 4.43. The van der Waals surface area contributed by atoms with E-state index in [0.29, 0.717) is 0 Å². The summed E-state index contributed by atoms with van der Waals surface area (Å²) in [5.41, 5.74) is 6.39. The van der Waals surface area contributed by atoms with Gasteiger partial charge in [0.15, 0.2) is 0 Å². The summed E-state index contributed by atoms with van der Waals surface area (Å²) >= 11 is 3.41. The van der Waals surface area contributed by atoms with Crippen LogP contribution in [-0.4, -0.2) is 13.2 Å². The Bertz CT molecular complexity index is 489. The number of rotatable bonds is 9. The predicted molar refractivity (Wildman–Crippen MR) is 94.5 cm³/mol. The highest BCUT2D eigenvalue weighted by molar-refractivity contribution is 9.10. The van der Waals surface area contributed by atoms with Crippen molar-refractivity contribution in [3.05, 3.63) is 53.0 Å². The summed E-state index contributed by atoms with van der Waals surface area (Å²) in [5.74, 6) is 1.81. The Morgan fingerprint density at radius 2 is 1.14 bits per heavy atom. The molecule has 0 bridgehead atoms. The maximum atomic E-state index is 5.68. The highest BCUT2D eigenvalue weighted by Gasteiger charge is 1.96. The molecule has 2 aromatic carbocycles. The van der Waals surface area contributed by atoms with E-state index in [4.69, 9.17) is 15.2 Å². The van der Waals surface area contributed by atoms with E-state index in [1.807, 2.05) is 48.5 Å². The molecule has 0 unspecified atom stereocenters. The molecule has 0 aromatic heterocycles. The molecule has 3 nitrogen and oxygen atoms in total. The van der Waals surface area contributed by atoms with Gasteiger partial charge in [-0.1, -0.05) is 15.9 Å². The van der Waals surface area contributed by atoms with Crippen LogP contribution in [0.1, 0.15) is 25.7 Å². The lowest BCUT2D eigenvalue weighted by atomic mass is 10.2. The number of hydrogen-bond acceptors (Lipinski definition) is 3. The van der Waals surface area contributed by atoms with Crippen molar-refractivity contribution in [1.82, 2.24) is 0 Å². The lowest BCUT2D eigenvalue weighted by molar-refractivity contribution is 0.287. The summed E-state index contributed by atoms with van der Waals surface area (Å²) in [6.45, 7) is 1.51. The van der Waals surface area contributed by atoms with E-state index in [-0.39, 0.29) is 0 Å². The van der Waals surface area contributed by atoms with Gasteiger partial charge in [0.05, 0.1) is 13.2 Å². The summed E-state index contributed by atoms with van der Waals surface area (Å²) in [5, 5.41) is 0. The van der Waals surface area contributed by atoms with Crippen LogP contribution in [0.4, 0.5) is 5.69 Å². The molecule has 0 aliphatic heterocycles. The molecule has 118 valence electrons. The first-order chi connectivity index (χ1) is 10.7. The monoisotopic (exact) mass is 363 g/mol. The third kappa shape index (κ3) is 6.39. The second-order valence-electron chi connectivity index (χ2n) is 5.13. The highest BCUT2D eigenvalue weighted by Crippen LogP contribution is 2.17. The smallest absolute Gasteiger partial charge is 0.119 e. The van der Waals surface area contributed by atoms with Gasteiger partial charge < -0.3 is 15.2 Å². The van der Waals surface area contributed by atoms with E-state index < -0.39 is 0 Å². The van der Waals surface area contributed by atoms with Crippen LogP contribution in [-0.2, 0) is 0 Å². The molecule has 0 saturated carbocycles. The molecule has 0 heterocycles. The molecule has 0 amide bonds. The maximum absolute atomic E-state index is 5.68. The molecule has 0 radical (unpaired) electrons. The van der Waals surface area contributed by atoms with Crippen LogP contribution in [0.3, 0.4) is 0 Å². The van der Waals surface area contributed by atoms with Gasteiger partial charge in [0.1, 0.15) is 11.5 Å². The fraction of sp³-hybridized carbons (Fsp3) is 0.333. The normalized spacial score (nSPS) is 10.4. The van der Waals surface area contributed by atoms with Crippen LogP contribution in [0.2, 0.25) is 0 Å². The quantitative estimate of drug-likeness (QED) is 0.500. The number of unbranched alkanes of at least 4 members (excludes halogenated alkanes) is 3. The topological polar surface area (TPSA) is 44.5 Å². The number of ether oxygens (including phenoxy) is 2. The van der Waals surface area contributed by atoms with Gasteiger partial charge in [0.25, 0.3) is 0 Å². The minimum atomic E-state index is 0.748. The van der Waals surface area contributed by atoms with Gasteiger partial charge in [-0.15, -0.1) is 0 Å². The molecule has 0 atom stereocenters.